The third kappa shape index (κ3) is 3.59. The highest BCUT2D eigenvalue weighted by molar-refractivity contribution is 6.05. The van der Waals surface area contributed by atoms with Gasteiger partial charge in [-0.1, -0.05) is 32.6 Å². The van der Waals surface area contributed by atoms with E-state index in [1.807, 2.05) is 0 Å². The van der Waals surface area contributed by atoms with Crippen LogP contribution in [-0.4, -0.2) is 36.3 Å². The molecule has 0 radical (unpaired) electrons. The van der Waals surface area contributed by atoms with Crippen LogP contribution in [0, 0.1) is 0 Å². The number of nitrogens with zero attached hydrogens (tertiary/aromatic N) is 1. The van der Waals surface area contributed by atoms with Crippen LogP contribution in [0.4, 0.5) is 0 Å². The highest BCUT2D eigenvalue weighted by atomic mass is 16.2. The molecule has 1 unspecified atom stereocenters. The van der Waals surface area contributed by atoms with Crippen molar-refractivity contribution in [3.05, 3.63) is 0 Å². The first kappa shape index (κ1) is 13.2. The number of unbranched alkanes of at least 4 members (excludes halogenated alkanes) is 4. The Balaban J connectivity index is 2.10. The zero-order valence-electron chi connectivity index (χ0n) is 10.3. The number of imide groups is 1. The third-order valence-electron chi connectivity index (χ3n) is 3.05. The van der Waals surface area contributed by atoms with Crippen molar-refractivity contribution in [2.24, 2.45) is 0 Å². The Hall–Kier alpha value is -0.900. The molecule has 1 saturated heterocycles. The average Bonchev–Trinajstić information content (AvgIpc) is 2.51. The van der Waals surface area contributed by atoms with Crippen molar-refractivity contribution in [1.82, 2.24) is 10.2 Å². The summed E-state index contributed by atoms with van der Waals surface area (Å²) in [5.74, 6) is -0.160. The molecular formula is C12H22N2O2. The van der Waals surface area contributed by atoms with E-state index in [4.69, 9.17) is 0 Å². The summed E-state index contributed by atoms with van der Waals surface area (Å²) >= 11 is 0. The number of carbonyl (C=O) groups excluding carboxylic acids is 2. The zero-order chi connectivity index (χ0) is 12.0. The van der Waals surface area contributed by atoms with E-state index in [1.165, 1.54) is 30.6 Å². The van der Waals surface area contributed by atoms with Gasteiger partial charge in [0.05, 0.1) is 12.5 Å². The molecule has 1 N–H and O–H groups in total. The van der Waals surface area contributed by atoms with E-state index in [1.54, 1.807) is 7.05 Å². The Morgan fingerprint density at radius 1 is 1.25 bits per heavy atom. The molecule has 1 aliphatic heterocycles. The van der Waals surface area contributed by atoms with Crippen LogP contribution < -0.4 is 5.32 Å². The zero-order valence-corrected chi connectivity index (χ0v) is 10.3. The Kier molecular flexibility index (Phi) is 5.46. The minimum absolute atomic E-state index is 0.0755. The summed E-state index contributed by atoms with van der Waals surface area (Å²) in [6.45, 7) is 3.03. The van der Waals surface area contributed by atoms with Crippen molar-refractivity contribution in [3.63, 3.8) is 0 Å². The summed E-state index contributed by atoms with van der Waals surface area (Å²) < 4.78 is 0. The first-order valence-electron chi connectivity index (χ1n) is 6.20. The predicted molar refractivity (Wildman–Crippen MR) is 62.9 cm³/mol. The van der Waals surface area contributed by atoms with Gasteiger partial charge in [0.25, 0.3) is 0 Å². The van der Waals surface area contributed by atoms with Crippen LogP contribution in [0.15, 0.2) is 0 Å². The minimum atomic E-state index is -0.274. The van der Waals surface area contributed by atoms with Gasteiger partial charge in [-0.3, -0.25) is 14.5 Å². The highest BCUT2D eigenvalue weighted by Gasteiger charge is 2.35. The van der Waals surface area contributed by atoms with E-state index >= 15 is 0 Å². The fraction of sp³-hybridized carbons (Fsp3) is 0.833. The van der Waals surface area contributed by atoms with Crippen LogP contribution >= 0.6 is 0 Å². The molecule has 92 valence electrons. The summed E-state index contributed by atoms with van der Waals surface area (Å²) in [4.78, 5) is 24.0. The van der Waals surface area contributed by atoms with Gasteiger partial charge in [0.15, 0.2) is 0 Å². The molecule has 1 heterocycles. The van der Waals surface area contributed by atoms with E-state index in [9.17, 15) is 9.59 Å². The molecule has 1 aliphatic rings. The van der Waals surface area contributed by atoms with Crippen molar-refractivity contribution in [3.8, 4) is 0 Å². The van der Waals surface area contributed by atoms with Crippen LogP contribution in [0.1, 0.15) is 45.4 Å². The Bertz CT molecular complexity index is 253. The molecule has 0 aromatic rings. The van der Waals surface area contributed by atoms with Crippen LogP contribution in [0.2, 0.25) is 0 Å². The summed E-state index contributed by atoms with van der Waals surface area (Å²) in [5, 5.41) is 3.16. The van der Waals surface area contributed by atoms with Gasteiger partial charge in [-0.15, -0.1) is 0 Å². The molecule has 0 spiro atoms. The van der Waals surface area contributed by atoms with Gasteiger partial charge < -0.3 is 5.32 Å². The molecule has 2 amide bonds. The van der Waals surface area contributed by atoms with Crippen LogP contribution in [-0.2, 0) is 9.59 Å². The molecule has 0 bridgehead atoms. The van der Waals surface area contributed by atoms with E-state index in [0.717, 1.165) is 13.0 Å². The predicted octanol–water partition coefficient (Wildman–Crippen LogP) is 1.30. The highest BCUT2D eigenvalue weighted by Crippen LogP contribution is 2.10. The number of likely N-dealkylation sites (tertiary alicyclic amines) is 1. The van der Waals surface area contributed by atoms with Crippen LogP contribution in [0.25, 0.3) is 0 Å². The van der Waals surface area contributed by atoms with Crippen molar-refractivity contribution < 1.29 is 9.59 Å². The molecule has 1 rings (SSSR count). The SMILES string of the molecule is CCCCCCCNC1CC(=O)N(C)C1=O. The molecule has 0 aliphatic carbocycles. The smallest absolute Gasteiger partial charge is 0.246 e. The Labute approximate surface area is 97.4 Å². The second-order valence-electron chi connectivity index (χ2n) is 4.42. The van der Waals surface area contributed by atoms with Gasteiger partial charge in [-0.2, -0.15) is 0 Å². The van der Waals surface area contributed by atoms with E-state index in [0.29, 0.717) is 6.42 Å². The third-order valence-corrected chi connectivity index (χ3v) is 3.05. The lowest BCUT2D eigenvalue weighted by atomic mass is 10.1. The fourth-order valence-electron chi connectivity index (χ4n) is 1.92. The van der Waals surface area contributed by atoms with E-state index < -0.39 is 0 Å². The number of amides is 2. The van der Waals surface area contributed by atoms with Gasteiger partial charge in [0, 0.05) is 7.05 Å². The lowest BCUT2D eigenvalue weighted by Crippen LogP contribution is -2.37. The van der Waals surface area contributed by atoms with Gasteiger partial charge in [0.2, 0.25) is 11.8 Å². The first-order valence-corrected chi connectivity index (χ1v) is 6.20. The quantitative estimate of drug-likeness (QED) is 0.526. The monoisotopic (exact) mass is 226 g/mol. The lowest BCUT2D eigenvalue weighted by molar-refractivity contribution is -0.137. The van der Waals surface area contributed by atoms with Crippen molar-refractivity contribution in [1.29, 1.82) is 0 Å². The summed E-state index contributed by atoms with van der Waals surface area (Å²) in [7, 11) is 1.55. The molecule has 0 saturated carbocycles. The summed E-state index contributed by atoms with van der Waals surface area (Å²) in [6.07, 6.45) is 6.39. The maximum absolute atomic E-state index is 11.5. The molecule has 16 heavy (non-hydrogen) atoms. The van der Waals surface area contributed by atoms with Crippen LogP contribution in [0.5, 0.6) is 0 Å². The van der Waals surface area contributed by atoms with Gasteiger partial charge in [-0.25, -0.2) is 0 Å². The summed E-state index contributed by atoms with van der Waals surface area (Å²) in [6, 6.07) is -0.274. The van der Waals surface area contributed by atoms with Crippen molar-refractivity contribution >= 4 is 11.8 Å². The number of likely N-dealkylation sites (N-methyl/N-ethyl adjacent to an activating group) is 1. The number of hydrogen-bond donors (Lipinski definition) is 1. The molecule has 4 heteroatoms. The van der Waals surface area contributed by atoms with E-state index in [2.05, 4.69) is 12.2 Å². The van der Waals surface area contributed by atoms with Gasteiger partial charge >= 0.3 is 0 Å². The summed E-state index contributed by atoms with van der Waals surface area (Å²) in [5.41, 5.74) is 0. The Morgan fingerprint density at radius 2 is 1.94 bits per heavy atom. The maximum Gasteiger partial charge on any atom is 0.246 e. The topological polar surface area (TPSA) is 49.4 Å². The lowest BCUT2D eigenvalue weighted by Gasteiger charge is -2.10. The largest absolute Gasteiger partial charge is 0.305 e. The number of hydrogen-bond acceptors (Lipinski definition) is 3. The fourth-order valence-corrected chi connectivity index (χ4v) is 1.92. The molecule has 0 aromatic heterocycles. The molecule has 4 nitrogen and oxygen atoms in total. The second kappa shape index (κ2) is 6.63. The number of rotatable bonds is 7. The van der Waals surface area contributed by atoms with E-state index in [-0.39, 0.29) is 17.9 Å². The number of carbonyl (C=O) groups is 2. The molecule has 1 fully saturated rings. The first-order chi connectivity index (χ1) is 7.66. The van der Waals surface area contributed by atoms with Crippen molar-refractivity contribution in [2.45, 2.75) is 51.5 Å². The average molecular weight is 226 g/mol. The molecule has 1 atom stereocenters. The molecular weight excluding hydrogens is 204 g/mol. The van der Waals surface area contributed by atoms with Crippen LogP contribution in [0.3, 0.4) is 0 Å². The standard InChI is InChI=1S/C12H22N2O2/c1-3-4-5-6-7-8-13-10-9-11(15)14(2)12(10)16/h10,13H,3-9H2,1-2H3. The molecule has 0 aromatic carbocycles. The normalized spacial score (nSPS) is 20.9. The minimum Gasteiger partial charge on any atom is -0.305 e. The van der Waals surface area contributed by atoms with Gasteiger partial charge in [-0.05, 0) is 13.0 Å². The van der Waals surface area contributed by atoms with Gasteiger partial charge in [0.1, 0.15) is 0 Å². The number of nitrogens with one attached hydrogen (secondary N) is 1. The van der Waals surface area contributed by atoms with Crippen molar-refractivity contribution in [2.75, 3.05) is 13.6 Å². The maximum atomic E-state index is 11.5. The Morgan fingerprint density at radius 3 is 2.50 bits per heavy atom. The second-order valence-corrected chi connectivity index (χ2v) is 4.42.